The van der Waals surface area contributed by atoms with Gasteiger partial charge in [0.2, 0.25) is 5.91 Å². The highest BCUT2D eigenvalue weighted by Crippen LogP contribution is 2.51. The zero-order valence-electron chi connectivity index (χ0n) is 20.4. The summed E-state index contributed by atoms with van der Waals surface area (Å²) in [6.45, 7) is 16.6. The molecule has 172 valence electrons. The molecule has 2 aromatic carbocycles. The summed E-state index contributed by atoms with van der Waals surface area (Å²) >= 11 is 0. The van der Waals surface area contributed by atoms with Crippen molar-refractivity contribution in [2.75, 3.05) is 13.7 Å². The van der Waals surface area contributed by atoms with E-state index in [1.54, 1.807) is 7.11 Å². The first kappa shape index (κ1) is 24.3. The van der Waals surface area contributed by atoms with E-state index in [0.717, 1.165) is 16.9 Å². The number of amides is 1. The Morgan fingerprint density at radius 3 is 2.25 bits per heavy atom. The van der Waals surface area contributed by atoms with E-state index in [0.29, 0.717) is 19.6 Å². The molecule has 5 heteroatoms. The molecule has 0 radical (unpaired) electrons. The molecule has 0 bridgehead atoms. The summed E-state index contributed by atoms with van der Waals surface area (Å²) in [6, 6.07) is 18.4. The third kappa shape index (κ3) is 4.99. The maximum atomic E-state index is 13.4. The van der Waals surface area contributed by atoms with Gasteiger partial charge in [-0.2, -0.15) is 0 Å². The molecule has 0 aliphatic carbocycles. The highest BCUT2D eigenvalue weighted by Gasteiger charge is 2.57. The van der Waals surface area contributed by atoms with Crippen molar-refractivity contribution >= 4 is 14.1 Å². The van der Waals surface area contributed by atoms with Gasteiger partial charge in [-0.05, 0) is 34.7 Å². The number of hydrogen-bond donors (Lipinski definition) is 0. The van der Waals surface area contributed by atoms with Gasteiger partial charge in [0.15, 0.2) is 8.24 Å². The van der Waals surface area contributed by atoms with Crippen molar-refractivity contribution < 1.29 is 14.3 Å². The lowest BCUT2D eigenvalue weighted by Gasteiger charge is -2.59. The fourth-order valence-corrected chi connectivity index (χ4v) is 6.63. The average molecular weight is 452 g/mol. The maximum Gasteiger partial charge on any atom is 0.221 e. The molecule has 1 saturated heterocycles. The smallest absolute Gasteiger partial charge is 0.221 e. The molecule has 0 N–H and O–H groups in total. The molecule has 1 aliphatic heterocycles. The van der Waals surface area contributed by atoms with Crippen LogP contribution in [0.5, 0.6) is 5.75 Å². The second-order valence-corrected chi connectivity index (χ2v) is 15.4. The molecular formula is C27H37NO3Si. The van der Waals surface area contributed by atoms with Gasteiger partial charge < -0.3 is 14.0 Å². The van der Waals surface area contributed by atoms with Crippen molar-refractivity contribution in [1.29, 1.82) is 0 Å². The van der Waals surface area contributed by atoms with Crippen LogP contribution in [0.1, 0.15) is 44.4 Å². The zero-order chi connectivity index (χ0) is 23.5. The number of ether oxygens (including phenoxy) is 2. The Balaban J connectivity index is 1.66. The molecule has 32 heavy (non-hydrogen) atoms. The third-order valence-corrected chi connectivity index (χ3v) is 12.4. The Hall–Kier alpha value is -2.37. The van der Waals surface area contributed by atoms with E-state index in [1.807, 2.05) is 30.3 Å². The van der Waals surface area contributed by atoms with Gasteiger partial charge in [0.25, 0.3) is 0 Å². The van der Waals surface area contributed by atoms with Crippen molar-refractivity contribution in [2.45, 2.75) is 58.0 Å². The highest BCUT2D eigenvalue weighted by molar-refractivity contribution is 6.80. The summed E-state index contributed by atoms with van der Waals surface area (Å²) in [4.78, 5) is 13.4. The fraction of sp³-hybridized carbons (Fsp3) is 0.444. The van der Waals surface area contributed by atoms with Crippen LogP contribution in [0.2, 0.25) is 18.1 Å². The molecule has 2 aromatic rings. The first-order chi connectivity index (χ1) is 15.1. The lowest BCUT2D eigenvalue weighted by molar-refractivity contribution is -0.148. The lowest BCUT2D eigenvalue weighted by Crippen LogP contribution is -2.68. The Morgan fingerprint density at radius 2 is 1.69 bits per heavy atom. The van der Waals surface area contributed by atoms with Gasteiger partial charge in [0.05, 0.1) is 32.3 Å². The Labute approximate surface area is 194 Å². The average Bonchev–Trinajstić information content (AvgIpc) is 2.75. The normalized spacial score (nSPS) is 18.9. The Morgan fingerprint density at radius 1 is 1.06 bits per heavy atom. The predicted molar refractivity (Wildman–Crippen MR) is 133 cm³/mol. The molecule has 0 saturated carbocycles. The van der Waals surface area contributed by atoms with Crippen molar-refractivity contribution in [3.8, 4) is 5.75 Å². The van der Waals surface area contributed by atoms with Crippen molar-refractivity contribution in [3.05, 3.63) is 77.9 Å². The van der Waals surface area contributed by atoms with E-state index in [-0.39, 0.29) is 22.9 Å². The monoisotopic (exact) mass is 451 g/mol. The standard InChI is InChI=1S/C27H37NO3Si/c1-20(18-31-19-21-13-15-23(30-5)16-14-21)17-24-25(22-11-9-8-10-12-22)28(26(24)29)32(6,7)27(2,3)4/h8-16,24-25H,1,17-19H2,2-7H3. The second kappa shape index (κ2) is 9.63. The zero-order valence-corrected chi connectivity index (χ0v) is 21.4. The van der Waals surface area contributed by atoms with Crippen LogP contribution in [0.15, 0.2) is 66.7 Å². The Kier molecular flexibility index (Phi) is 7.31. The fourth-order valence-electron chi connectivity index (χ4n) is 4.17. The SMILES string of the molecule is C=C(COCc1ccc(OC)cc1)CC1C(=O)N([Si](C)(C)C(C)(C)C)C1c1ccccc1. The van der Waals surface area contributed by atoms with E-state index in [1.165, 1.54) is 5.56 Å². The number of rotatable bonds is 9. The van der Waals surface area contributed by atoms with Gasteiger partial charge in [0, 0.05) is 0 Å². The largest absolute Gasteiger partial charge is 0.497 e. The van der Waals surface area contributed by atoms with Crippen molar-refractivity contribution in [2.24, 2.45) is 5.92 Å². The molecule has 4 nitrogen and oxygen atoms in total. The molecule has 2 unspecified atom stereocenters. The molecule has 1 amide bonds. The second-order valence-electron chi connectivity index (χ2n) is 10.3. The van der Waals surface area contributed by atoms with E-state index in [4.69, 9.17) is 9.47 Å². The van der Waals surface area contributed by atoms with Gasteiger partial charge >= 0.3 is 0 Å². The molecule has 0 spiro atoms. The summed E-state index contributed by atoms with van der Waals surface area (Å²) in [5.74, 6) is 1.03. The minimum atomic E-state index is -1.99. The summed E-state index contributed by atoms with van der Waals surface area (Å²) in [5, 5.41) is 0.0964. The van der Waals surface area contributed by atoms with Crippen LogP contribution < -0.4 is 4.74 Å². The van der Waals surface area contributed by atoms with Crippen molar-refractivity contribution in [1.82, 2.24) is 4.57 Å². The molecule has 3 rings (SSSR count). The van der Waals surface area contributed by atoms with Crippen LogP contribution in [0.25, 0.3) is 0 Å². The van der Waals surface area contributed by atoms with Gasteiger partial charge in [-0.15, -0.1) is 0 Å². The molecule has 0 aromatic heterocycles. The van der Waals surface area contributed by atoms with Crippen LogP contribution in [0.3, 0.4) is 0 Å². The Bertz CT molecular complexity index is 932. The first-order valence-electron chi connectivity index (χ1n) is 11.3. The van der Waals surface area contributed by atoms with Crippen LogP contribution in [0.4, 0.5) is 0 Å². The summed E-state index contributed by atoms with van der Waals surface area (Å²) in [7, 11) is -0.329. The number of carbonyl (C=O) groups is 1. The van der Waals surface area contributed by atoms with Gasteiger partial charge in [-0.25, -0.2) is 0 Å². The van der Waals surface area contributed by atoms with E-state index >= 15 is 0 Å². The van der Waals surface area contributed by atoms with E-state index < -0.39 is 8.24 Å². The number of β-lactam (4-membered cyclic amide) rings is 1. The van der Waals surface area contributed by atoms with E-state index in [9.17, 15) is 4.79 Å². The number of hydrogen-bond acceptors (Lipinski definition) is 3. The van der Waals surface area contributed by atoms with Crippen molar-refractivity contribution in [3.63, 3.8) is 0 Å². The first-order valence-corrected chi connectivity index (χ1v) is 14.3. The molecule has 2 atom stereocenters. The highest BCUT2D eigenvalue weighted by atomic mass is 28.3. The molecular weight excluding hydrogens is 414 g/mol. The third-order valence-electron chi connectivity index (χ3n) is 7.04. The minimum absolute atomic E-state index is 0.0661. The summed E-state index contributed by atoms with van der Waals surface area (Å²) in [6.07, 6.45) is 0.659. The van der Waals surface area contributed by atoms with Crippen LogP contribution in [0, 0.1) is 5.92 Å². The van der Waals surface area contributed by atoms with Crippen LogP contribution in [-0.4, -0.2) is 32.4 Å². The van der Waals surface area contributed by atoms with Gasteiger partial charge in [0.1, 0.15) is 5.75 Å². The summed E-state index contributed by atoms with van der Waals surface area (Å²) in [5.41, 5.74) is 3.27. The maximum absolute atomic E-state index is 13.4. The number of methoxy groups -OCH3 is 1. The van der Waals surface area contributed by atoms with Crippen LogP contribution in [-0.2, 0) is 16.1 Å². The predicted octanol–water partition coefficient (Wildman–Crippen LogP) is 6.36. The van der Waals surface area contributed by atoms with Crippen LogP contribution >= 0.6 is 0 Å². The molecule has 1 heterocycles. The minimum Gasteiger partial charge on any atom is -0.497 e. The molecule has 1 fully saturated rings. The topological polar surface area (TPSA) is 38.8 Å². The number of carbonyl (C=O) groups excluding carboxylic acids is 1. The molecule has 1 aliphatic rings. The number of nitrogens with zero attached hydrogens (tertiary/aromatic N) is 1. The number of benzene rings is 2. The lowest BCUT2D eigenvalue weighted by atomic mass is 9.81. The van der Waals surface area contributed by atoms with E-state index in [2.05, 4.69) is 69.3 Å². The summed E-state index contributed by atoms with van der Waals surface area (Å²) < 4.78 is 13.3. The van der Waals surface area contributed by atoms with Gasteiger partial charge in [-0.1, -0.05) is 88.5 Å². The van der Waals surface area contributed by atoms with Gasteiger partial charge in [-0.3, -0.25) is 4.79 Å². The quantitative estimate of drug-likeness (QED) is 0.253.